The summed E-state index contributed by atoms with van der Waals surface area (Å²) in [6, 6.07) is 7.38. The lowest BCUT2D eigenvalue weighted by molar-refractivity contribution is -0.141. The Morgan fingerprint density at radius 2 is 1.97 bits per heavy atom. The summed E-state index contributed by atoms with van der Waals surface area (Å²) in [5, 5.41) is 0. The molecule has 1 aliphatic rings. The molecule has 1 fully saturated rings. The van der Waals surface area contributed by atoms with E-state index in [0.29, 0.717) is 19.5 Å². The van der Waals surface area contributed by atoms with Crippen molar-refractivity contribution in [1.29, 1.82) is 0 Å². The van der Waals surface area contributed by atoms with Gasteiger partial charge in [0.25, 0.3) is 5.91 Å². The number of amides is 2. The van der Waals surface area contributed by atoms with Crippen LogP contribution in [0.15, 0.2) is 36.5 Å². The zero-order valence-corrected chi connectivity index (χ0v) is 16.1. The van der Waals surface area contributed by atoms with Gasteiger partial charge in [0.1, 0.15) is 5.69 Å². The van der Waals surface area contributed by atoms with Crippen LogP contribution in [0, 0.1) is 12.8 Å². The molecule has 29 heavy (non-hydrogen) atoms. The number of pyridine rings is 2. The van der Waals surface area contributed by atoms with Gasteiger partial charge in [0.15, 0.2) is 0 Å². The predicted octanol–water partition coefficient (Wildman–Crippen LogP) is 2.58. The number of carbonyl (C=O) groups excluding carboxylic acids is 2. The average Bonchev–Trinajstić information content (AvgIpc) is 2.81. The van der Waals surface area contributed by atoms with Crippen LogP contribution in [0.5, 0.6) is 0 Å². The number of aryl methyl sites for hydroxylation is 1. The molecule has 0 aromatic carbocycles. The van der Waals surface area contributed by atoms with Crippen LogP contribution in [0.2, 0.25) is 0 Å². The third-order valence-corrected chi connectivity index (χ3v) is 4.95. The average molecular weight is 406 g/mol. The molecule has 3 heterocycles. The summed E-state index contributed by atoms with van der Waals surface area (Å²) < 4.78 is 38.5. The fourth-order valence-electron chi connectivity index (χ4n) is 3.35. The first-order valence-corrected chi connectivity index (χ1v) is 9.16. The molecule has 154 valence electrons. The van der Waals surface area contributed by atoms with Gasteiger partial charge < -0.3 is 9.80 Å². The molecular formula is C20H21F3N4O2. The van der Waals surface area contributed by atoms with Gasteiger partial charge in [-0.1, -0.05) is 6.07 Å². The lowest BCUT2D eigenvalue weighted by Gasteiger charge is -2.24. The minimum atomic E-state index is -4.57. The zero-order valence-electron chi connectivity index (χ0n) is 16.1. The molecule has 0 saturated carbocycles. The molecule has 1 aliphatic heterocycles. The molecule has 0 aliphatic carbocycles. The summed E-state index contributed by atoms with van der Waals surface area (Å²) in [6.07, 6.45) is -2.56. The van der Waals surface area contributed by atoms with Crippen molar-refractivity contribution in [2.75, 3.05) is 26.7 Å². The van der Waals surface area contributed by atoms with Crippen LogP contribution >= 0.6 is 0 Å². The van der Waals surface area contributed by atoms with Crippen molar-refractivity contribution in [1.82, 2.24) is 19.8 Å². The quantitative estimate of drug-likeness (QED) is 0.786. The third kappa shape index (κ3) is 4.72. The number of alkyl halides is 3. The van der Waals surface area contributed by atoms with Gasteiger partial charge in [-0.3, -0.25) is 14.6 Å². The van der Waals surface area contributed by atoms with Crippen LogP contribution < -0.4 is 0 Å². The molecular weight excluding hydrogens is 385 g/mol. The lowest BCUT2D eigenvalue weighted by Crippen LogP contribution is -2.38. The van der Waals surface area contributed by atoms with E-state index < -0.39 is 23.7 Å². The Morgan fingerprint density at radius 3 is 2.59 bits per heavy atom. The summed E-state index contributed by atoms with van der Waals surface area (Å²) in [6.45, 7) is 2.18. The van der Waals surface area contributed by atoms with Gasteiger partial charge >= 0.3 is 6.18 Å². The SMILES string of the molecule is Cc1nc(C(F)(F)F)ccc1C(=O)N1CCN(C)C(=O)C(Cc2ccccn2)C1. The van der Waals surface area contributed by atoms with Crippen LogP contribution in [0.25, 0.3) is 0 Å². The van der Waals surface area contributed by atoms with Gasteiger partial charge in [0, 0.05) is 45.0 Å². The van der Waals surface area contributed by atoms with Crippen LogP contribution in [-0.4, -0.2) is 58.3 Å². The van der Waals surface area contributed by atoms with E-state index in [1.54, 1.807) is 24.2 Å². The van der Waals surface area contributed by atoms with E-state index in [4.69, 9.17) is 0 Å². The molecule has 1 saturated heterocycles. The van der Waals surface area contributed by atoms with E-state index in [2.05, 4.69) is 9.97 Å². The second-order valence-corrected chi connectivity index (χ2v) is 7.06. The molecule has 2 aromatic rings. The van der Waals surface area contributed by atoms with E-state index in [9.17, 15) is 22.8 Å². The highest BCUT2D eigenvalue weighted by Crippen LogP contribution is 2.28. The van der Waals surface area contributed by atoms with E-state index in [1.165, 1.54) is 11.8 Å². The maximum Gasteiger partial charge on any atom is 0.433 e. The molecule has 2 aromatic heterocycles. The van der Waals surface area contributed by atoms with Crippen molar-refractivity contribution in [3.05, 3.63) is 59.2 Å². The first kappa shape index (κ1) is 20.8. The lowest BCUT2D eigenvalue weighted by atomic mass is 10.0. The highest BCUT2D eigenvalue weighted by molar-refractivity contribution is 5.95. The Kier molecular flexibility index (Phi) is 5.86. The fourth-order valence-corrected chi connectivity index (χ4v) is 3.35. The van der Waals surface area contributed by atoms with Gasteiger partial charge in [-0.05, 0) is 31.2 Å². The first-order valence-electron chi connectivity index (χ1n) is 9.16. The van der Waals surface area contributed by atoms with Gasteiger partial charge in [-0.15, -0.1) is 0 Å². The van der Waals surface area contributed by atoms with Crippen molar-refractivity contribution in [2.24, 2.45) is 5.92 Å². The Morgan fingerprint density at radius 1 is 1.21 bits per heavy atom. The number of hydrogen-bond acceptors (Lipinski definition) is 4. The smallest absolute Gasteiger partial charge is 0.344 e. The highest BCUT2D eigenvalue weighted by atomic mass is 19.4. The molecule has 1 unspecified atom stereocenters. The summed E-state index contributed by atoms with van der Waals surface area (Å²) >= 11 is 0. The Balaban J connectivity index is 1.83. The zero-order chi connectivity index (χ0) is 21.2. The van der Waals surface area contributed by atoms with Crippen molar-refractivity contribution in [2.45, 2.75) is 19.5 Å². The first-order chi connectivity index (χ1) is 13.7. The van der Waals surface area contributed by atoms with Gasteiger partial charge in [0.2, 0.25) is 5.91 Å². The molecule has 3 rings (SSSR count). The van der Waals surface area contributed by atoms with Crippen molar-refractivity contribution < 1.29 is 22.8 Å². The standard InChI is InChI=1S/C20H21F3N4O2/c1-13-16(6-7-17(25-13)20(21,22)23)19(29)27-10-9-26(2)18(28)14(12-27)11-15-5-3-4-8-24-15/h3-8,14H,9-12H2,1-2H3. The Bertz CT molecular complexity index is 902. The predicted molar refractivity (Wildman–Crippen MR) is 98.9 cm³/mol. The van der Waals surface area contributed by atoms with Crippen molar-refractivity contribution >= 4 is 11.8 Å². The monoisotopic (exact) mass is 406 g/mol. The summed E-state index contributed by atoms with van der Waals surface area (Å²) in [5.41, 5.74) is -0.187. The molecule has 0 N–H and O–H groups in total. The second kappa shape index (κ2) is 8.18. The highest BCUT2D eigenvalue weighted by Gasteiger charge is 2.35. The summed E-state index contributed by atoms with van der Waals surface area (Å²) in [5.74, 6) is -1.00. The largest absolute Gasteiger partial charge is 0.433 e. The summed E-state index contributed by atoms with van der Waals surface area (Å²) in [7, 11) is 1.67. The fraction of sp³-hybridized carbons (Fsp3) is 0.400. The Hall–Kier alpha value is -2.97. The Labute approximate surface area is 166 Å². The summed E-state index contributed by atoms with van der Waals surface area (Å²) in [4.78, 5) is 36.6. The van der Waals surface area contributed by atoms with E-state index in [0.717, 1.165) is 17.8 Å². The second-order valence-electron chi connectivity index (χ2n) is 7.06. The normalized spacial score (nSPS) is 18.0. The number of aromatic nitrogens is 2. The molecule has 0 radical (unpaired) electrons. The number of carbonyl (C=O) groups is 2. The van der Waals surface area contributed by atoms with Gasteiger partial charge in [0.05, 0.1) is 17.2 Å². The molecule has 0 bridgehead atoms. The minimum absolute atomic E-state index is 0.00929. The van der Waals surface area contributed by atoms with E-state index in [-0.39, 0.29) is 23.7 Å². The molecule has 0 spiro atoms. The van der Waals surface area contributed by atoms with E-state index >= 15 is 0 Å². The molecule has 6 nitrogen and oxygen atoms in total. The molecule has 9 heteroatoms. The number of nitrogens with zero attached hydrogens (tertiary/aromatic N) is 4. The van der Waals surface area contributed by atoms with Crippen LogP contribution in [-0.2, 0) is 17.4 Å². The molecule has 1 atom stereocenters. The van der Waals surface area contributed by atoms with Crippen molar-refractivity contribution in [3.8, 4) is 0 Å². The maximum absolute atomic E-state index is 13.0. The number of likely N-dealkylation sites (N-methyl/N-ethyl adjacent to an activating group) is 1. The van der Waals surface area contributed by atoms with Crippen LogP contribution in [0.3, 0.4) is 0 Å². The number of rotatable bonds is 3. The van der Waals surface area contributed by atoms with Crippen LogP contribution in [0.1, 0.15) is 27.4 Å². The number of halogens is 3. The van der Waals surface area contributed by atoms with E-state index in [1.807, 2.05) is 12.1 Å². The maximum atomic E-state index is 13.0. The minimum Gasteiger partial charge on any atom is -0.344 e. The van der Waals surface area contributed by atoms with Gasteiger partial charge in [-0.25, -0.2) is 4.98 Å². The topological polar surface area (TPSA) is 66.4 Å². The van der Waals surface area contributed by atoms with Gasteiger partial charge in [-0.2, -0.15) is 13.2 Å². The third-order valence-electron chi connectivity index (χ3n) is 4.95. The van der Waals surface area contributed by atoms with Crippen LogP contribution in [0.4, 0.5) is 13.2 Å². The van der Waals surface area contributed by atoms with Crippen molar-refractivity contribution in [3.63, 3.8) is 0 Å². The number of hydrogen-bond donors (Lipinski definition) is 0. The molecule has 2 amide bonds.